The van der Waals surface area contributed by atoms with Crippen LogP contribution in [0.2, 0.25) is 0 Å². The van der Waals surface area contributed by atoms with Gasteiger partial charge in [-0.2, -0.15) is 0 Å². The molecule has 1 atom stereocenters. The van der Waals surface area contributed by atoms with Crippen molar-refractivity contribution >= 4 is 11.9 Å². The average Bonchev–Trinajstić information content (AvgIpc) is 2.97. The molecule has 0 aromatic heterocycles. The highest BCUT2D eigenvalue weighted by atomic mass is 16.5. The number of carbonyl (C=O) groups is 2. The fourth-order valence-corrected chi connectivity index (χ4v) is 5.71. The Morgan fingerprint density at radius 3 is 1.29 bits per heavy atom. The van der Waals surface area contributed by atoms with Crippen molar-refractivity contribution in [3.63, 3.8) is 0 Å². The van der Waals surface area contributed by atoms with Crippen molar-refractivity contribution in [2.24, 2.45) is 0 Å². The van der Waals surface area contributed by atoms with Gasteiger partial charge in [0.1, 0.15) is 6.10 Å². The standard InChI is InChI=1S/C38H72O4/c1-3-5-7-9-10-11-12-13-14-15-16-20-23-27-31-35-38(41)42-36(32-28-24-8-6-4-2)33-29-25-21-18-17-19-22-26-30-34-37(39)40/h13-14,36H,3-12,15-35H2,1-2H3,(H,39,40)/b14-13-. The van der Waals surface area contributed by atoms with E-state index in [9.17, 15) is 9.59 Å². The van der Waals surface area contributed by atoms with Gasteiger partial charge in [-0.05, 0) is 64.2 Å². The van der Waals surface area contributed by atoms with Crippen LogP contribution in [0.15, 0.2) is 12.2 Å². The lowest BCUT2D eigenvalue weighted by atomic mass is 10.0. The maximum atomic E-state index is 12.6. The van der Waals surface area contributed by atoms with Gasteiger partial charge in [0.05, 0.1) is 0 Å². The molecule has 4 nitrogen and oxygen atoms in total. The lowest BCUT2D eigenvalue weighted by molar-refractivity contribution is -0.150. The number of unbranched alkanes of at least 4 members (excludes halogenated alkanes) is 23. The Morgan fingerprint density at radius 2 is 0.857 bits per heavy atom. The fraction of sp³-hybridized carbons (Fsp3) is 0.895. The topological polar surface area (TPSA) is 63.6 Å². The maximum Gasteiger partial charge on any atom is 0.306 e. The third-order valence-electron chi connectivity index (χ3n) is 8.49. The highest BCUT2D eigenvalue weighted by molar-refractivity contribution is 5.69. The summed E-state index contributed by atoms with van der Waals surface area (Å²) in [5.41, 5.74) is 0. The molecule has 0 aliphatic heterocycles. The van der Waals surface area contributed by atoms with Gasteiger partial charge in [0.15, 0.2) is 0 Å². The number of hydrogen-bond acceptors (Lipinski definition) is 3. The van der Waals surface area contributed by atoms with Crippen LogP contribution in [0, 0.1) is 0 Å². The normalized spacial score (nSPS) is 12.2. The summed E-state index contributed by atoms with van der Waals surface area (Å²) >= 11 is 0. The summed E-state index contributed by atoms with van der Waals surface area (Å²) in [4.78, 5) is 23.1. The Kier molecular flexibility index (Phi) is 33.1. The van der Waals surface area contributed by atoms with Gasteiger partial charge in [-0.15, -0.1) is 0 Å². The zero-order valence-corrected chi connectivity index (χ0v) is 28.3. The molecule has 1 N–H and O–H groups in total. The van der Waals surface area contributed by atoms with Crippen molar-refractivity contribution in [3.8, 4) is 0 Å². The van der Waals surface area contributed by atoms with Crippen molar-refractivity contribution in [1.82, 2.24) is 0 Å². The molecule has 0 fully saturated rings. The summed E-state index contributed by atoms with van der Waals surface area (Å²) in [6.45, 7) is 4.52. The number of rotatable bonds is 34. The van der Waals surface area contributed by atoms with Crippen molar-refractivity contribution in [3.05, 3.63) is 12.2 Å². The minimum absolute atomic E-state index is 0.0223. The van der Waals surface area contributed by atoms with E-state index in [1.165, 1.54) is 135 Å². The molecular formula is C38H72O4. The quantitative estimate of drug-likeness (QED) is 0.0458. The van der Waals surface area contributed by atoms with Gasteiger partial charge in [0, 0.05) is 12.8 Å². The number of carboxylic acid groups (broad SMARTS) is 1. The van der Waals surface area contributed by atoms with Gasteiger partial charge in [0.25, 0.3) is 0 Å². The molecule has 0 radical (unpaired) electrons. The Labute approximate surface area is 262 Å². The number of carbonyl (C=O) groups excluding carboxylic acids is 1. The average molecular weight is 593 g/mol. The van der Waals surface area contributed by atoms with Crippen LogP contribution in [-0.4, -0.2) is 23.1 Å². The predicted octanol–water partition coefficient (Wildman–Crippen LogP) is 12.7. The first-order valence-electron chi connectivity index (χ1n) is 18.7. The minimum atomic E-state index is -0.678. The first kappa shape index (κ1) is 40.7. The Morgan fingerprint density at radius 1 is 0.500 bits per heavy atom. The Hall–Kier alpha value is -1.32. The van der Waals surface area contributed by atoms with E-state index in [1.807, 2.05) is 0 Å². The lowest BCUT2D eigenvalue weighted by Gasteiger charge is -2.18. The molecule has 248 valence electrons. The van der Waals surface area contributed by atoms with Crippen LogP contribution in [0.1, 0.15) is 213 Å². The molecule has 0 rings (SSSR count). The van der Waals surface area contributed by atoms with E-state index in [1.54, 1.807) is 0 Å². The molecular weight excluding hydrogens is 520 g/mol. The SMILES string of the molecule is CCCCCCCC/C=C\CCCCCCCC(=O)OC(CCCCCCC)CCCCCCCCCCCC(=O)O. The molecule has 0 aromatic rings. The van der Waals surface area contributed by atoms with Crippen LogP contribution >= 0.6 is 0 Å². The van der Waals surface area contributed by atoms with Gasteiger partial charge in [-0.3, -0.25) is 9.59 Å². The molecule has 42 heavy (non-hydrogen) atoms. The third kappa shape index (κ3) is 33.2. The summed E-state index contributed by atoms with van der Waals surface area (Å²) in [5, 5.41) is 8.70. The smallest absolute Gasteiger partial charge is 0.306 e. The van der Waals surface area contributed by atoms with E-state index >= 15 is 0 Å². The Bertz CT molecular complexity index is 600. The van der Waals surface area contributed by atoms with E-state index in [0.717, 1.165) is 51.4 Å². The molecule has 4 heteroatoms. The largest absolute Gasteiger partial charge is 0.481 e. The van der Waals surface area contributed by atoms with Crippen molar-refractivity contribution in [2.45, 2.75) is 219 Å². The van der Waals surface area contributed by atoms with Gasteiger partial charge < -0.3 is 9.84 Å². The first-order chi connectivity index (χ1) is 20.6. The van der Waals surface area contributed by atoms with Gasteiger partial charge in [0.2, 0.25) is 0 Å². The maximum absolute atomic E-state index is 12.6. The molecule has 0 heterocycles. The second-order valence-corrected chi connectivity index (χ2v) is 12.8. The first-order valence-corrected chi connectivity index (χ1v) is 18.7. The lowest BCUT2D eigenvalue weighted by Crippen LogP contribution is -2.18. The van der Waals surface area contributed by atoms with E-state index in [4.69, 9.17) is 9.84 Å². The molecule has 0 bridgehead atoms. The Balaban J connectivity index is 3.89. The van der Waals surface area contributed by atoms with E-state index < -0.39 is 5.97 Å². The van der Waals surface area contributed by atoms with Crippen LogP contribution in [0.3, 0.4) is 0 Å². The molecule has 1 unspecified atom stereocenters. The monoisotopic (exact) mass is 593 g/mol. The minimum Gasteiger partial charge on any atom is -0.481 e. The number of esters is 1. The summed E-state index contributed by atoms with van der Waals surface area (Å²) in [6, 6.07) is 0. The number of aliphatic carboxylic acids is 1. The highest BCUT2D eigenvalue weighted by Gasteiger charge is 2.14. The molecule has 0 aliphatic rings. The van der Waals surface area contributed by atoms with E-state index in [-0.39, 0.29) is 12.1 Å². The zero-order chi connectivity index (χ0) is 30.8. The number of allylic oxidation sites excluding steroid dienone is 2. The molecule has 0 aliphatic carbocycles. The summed E-state index contributed by atoms with van der Waals surface area (Å²) in [6.07, 6.45) is 41.0. The summed E-state index contributed by atoms with van der Waals surface area (Å²) < 4.78 is 5.99. The van der Waals surface area contributed by atoms with Crippen LogP contribution in [-0.2, 0) is 14.3 Å². The fourth-order valence-electron chi connectivity index (χ4n) is 5.71. The molecule has 0 saturated heterocycles. The second kappa shape index (κ2) is 34.2. The van der Waals surface area contributed by atoms with Crippen LogP contribution in [0.4, 0.5) is 0 Å². The van der Waals surface area contributed by atoms with Crippen molar-refractivity contribution < 1.29 is 19.4 Å². The third-order valence-corrected chi connectivity index (χ3v) is 8.49. The van der Waals surface area contributed by atoms with Gasteiger partial charge in [-0.25, -0.2) is 0 Å². The number of carboxylic acids is 1. The molecule has 0 aromatic carbocycles. The van der Waals surface area contributed by atoms with Crippen LogP contribution < -0.4 is 0 Å². The van der Waals surface area contributed by atoms with Gasteiger partial charge in [-0.1, -0.05) is 148 Å². The highest BCUT2D eigenvalue weighted by Crippen LogP contribution is 2.19. The molecule has 0 spiro atoms. The van der Waals surface area contributed by atoms with Crippen molar-refractivity contribution in [2.75, 3.05) is 0 Å². The summed E-state index contributed by atoms with van der Waals surface area (Å²) in [5.74, 6) is -0.655. The van der Waals surface area contributed by atoms with Gasteiger partial charge >= 0.3 is 11.9 Å². The molecule has 0 amide bonds. The van der Waals surface area contributed by atoms with Crippen LogP contribution in [0.25, 0.3) is 0 Å². The number of hydrogen-bond donors (Lipinski definition) is 1. The zero-order valence-electron chi connectivity index (χ0n) is 28.3. The van der Waals surface area contributed by atoms with Crippen LogP contribution in [0.5, 0.6) is 0 Å². The van der Waals surface area contributed by atoms with E-state index in [0.29, 0.717) is 12.8 Å². The van der Waals surface area contributed by atoms with E-state index in [2.05, 4.69) is 26.0 Å². The predicted molar refractivity (Wildman–Crippen MR) is 181 cm³/mol. The molecule has 0 saturated carbocycles. The summed E-state index contributed by atoms with van der Waals surface area (Å²) in [7, 11) is 0. The number of ether oxygens (including phenoxy) is 1. The van der Waals surface area contributed by atoms with Crippen molar-refractivity contribution in [1.29, 1.82) is 0 Å². The second-order valence-electron chi connectivity index (χ2n) is 12.8.